The lowest BCUT2D eigenvalue weighted by Gasteiger charge is -2.18. The van der Waals surface area contributed by atoms with Gasteiger partial charge in [-0.2, -0.15) is 13.7 Å². The van der Waals surface area contributed by atoms with E-state index in [2.05, 4.69) is 4.89 Å². The Morgan fingerprint density at radius 1 is 1.15 bits per heavy atom. The summed E-state index contributed by atoms with van der Waals surface area (Å²) in [4.78, 5) is 14.1. The van der Waals surface area contributed by atoms with Crippen molar-refractivity contribution in [2.45, 2.75) is 69.6 Å². The first-order valence-corrected chi connectivity index (χ1v) is 8.31. The molecule has 20 heavy (non-hydrogen) atoms. The molecule has 0 heterocycles. The maximum absolute atomic E-state index is 11.1. The van der Waals surface area contributed by atoms with Gasteiger partial charge >= 0.3 is 5.97 Å². The van der Waals surface area contributed by atoms with E-state index in [1.54, 1.807) is 6.92 Å². The highest BCUT2D eigenvalue weighted by Gasteiger charge is 2.29. The van der Waals surface area contributed by atoms with Gasteiger partial charge in [-0.1, -0.05) is 32.6 Å². The molecule has 0 saturated heterocycles. The van der Waals surface area contributed by atoms with Crippen molar-refractivity contribution in [2.24, 2.45) is 0 Å². The number of carbonyl (C=O) groups excluding carboxylic acids is 1. The van der Waals surface area contributed by atoms with Gasteiger partial charge in [-0.25, -0.2) is 4.79 Å². The van der Waals surface area contributed by atoms with Crippen LogP contribution in [-0.2, 0) is 19.8 Å². The molecule has 120 valence electrons. The van der Waals surface area contributed by atoms with E-state index in [0.29, 0.717) is 12.8 Å². The first-order chi connectivity index (χ1) is 9.32. The van der Waals surface area contributed by atoms with Crippen molar-refractivity contribution in [1.82, 2.24) is 0 Å². The average Bonchev–Trinajstić information content (AvgIpc) is 2.39. The van der Waals surface area contributed by atoms with E-state index in [4.69, 9.17) is 9.81 Å². The van der Waals surface area contributed by atoms with E-state index in [-0.39, 0.29) is 19.3 Å². The number of aliphatic hydroxyl groups is 1. The second kappa shape index (κ2) is 10.1. The van der Waals surface area contributed by atoms with Crippen LogP contribution >= 0.6 is 0 Å². The number of hydrogen-bond donors (Lipinski definition) is 3. The molecular formula is C12H24O7S. The monoisotopic (exact) mass is 312 g/mol. The molecule has 0 bridgehead atoms. The Morgan fingerprint density at radius 2 is 1.70 bits per heavy atom. The van der Waals surface area contributed by atoms with Crippen molar-refractivity contribution >= 4 is 16.1 Å². The summed E-state index contributed by atoms with van der Waals surface area (Å²) in [5.41, 5.74) is 0. The van der Waals surface area contributed by atoms with Crippen LogP contribution in [0.3, 0.4) is 0 Å². The molecule has 3 N–H and O–H groups in total. The summed E-state index contributed by atoms with van der Waals surface area (Å²) < 4.78 is 31.3. The van der Waals surface area contributed by atoms with Crippen LogP contribution in [0.15, 0.2) is 0 Å². The van der Waals surface area contributed by atoms with E-state index in [1.807, 2.05) is 0 Å². The maximum Gasteiger partial charge on any atom is 0.342 e. The van der Waals surface area contributed by atoms with Gasteiger partial charge in [-0.15, -0.1) is 0 Å². The molecule has 0 amide bonds. The third kappa shape index (κ3) is 8.47. The van der Waals surface area contributed by atoms with Gasteiger partial charge in [-0.3, -0.25) is 4.55 Å². The number of unbranched alkanes of at least 4 members (excludes halogenated alkanes) is 4. The molecular weight excluding hydrogens is 288 g/mol. The predicted molar refractivity (Wildman–Crippen MR) is 72.7 cm³/mol. The van der Waals surface area contributed by atoms with Crippen LogP contribution in [0.1, 0.15) is 58.3 Å². The largest absolute Gasteiger partial charge is 0.392 e. The smallest absolute Gasteiger partial charge is 0.342 e. The van der Waals surface area contributed by atoms with Gasteiger partial charge < -0.3 is 9.99 Å². The first kappa shape index (κ1) is 19.3. The van der Waals surface area contributed by atoms with E-state index in [0.717, 1.165) is 19.3 Å². The molecule has 0 aromatic heterocycles. The molecule has 0 aliphatic heterocycles. The molecule has 0 aromatic rings. The number of rotatable bonds is 11. The van der Waals surface area contributed by atoms with E-state index < -0.39 is 27.4 Å². The molecule has 0 aromatic carbocycles. The summed E-state index contributed by atoms with van der Waals surface area (Å²) >= 11 is 0. The highest BCUT2D eigenvalue weighted by molar-refractivity contribution is 7.86. The molecule has 7 nitrogen and oxygen atoms in total. The normalized spacial score (nSPS) is 14.8. The molecule has 2 atom stereocenters. The van der Waals surface area contributed by atoms with Crippen molar-refractivity contribution in [3.8, 4) is 0 Å². The van der Waals surface area contributed by atoms with Gasteiger partial charge in [0.2, 0.25) is 0 Å². The van der Waals surface area contributed by atoms with Crippen LogP contribution in [0.4, 0.5) is 0 Å². The van der Waals surface area contributed by atoms with Gasteiger partial charge in [0, 0.05) is 6.42 Å². The fourth-order valence-corrected chi connectivity index (χ4v) is 3.05. The Hall–Kier alpha value is -0.700. The topological polar surface area (TPSA) is 121 Å². The SMILES string of the molecule is CCC(O)C(CCCCCCCC(=O)OO)S(=O)(=O)O. The second-order valence-corrected chi connectivity index (χ2v) is 6.43. The molecule has 0 aliphatic carbocycles. The third-order valence-electron chi connectivity index (χ3n) is 3.20. The van der Waals surface area contributed by atoms with E-state index in [1.165, 1.54) is 0 Å². The van der Waals surface area contributed by atoms with Crippen molar-refractivity contribution in [1.29, 1.82) is 0 Å². The average molecular weight is 312 g/mol. The fourth-order valence-electron chi connectivity index (χ4n) is 1.99. The minimum atomic E-state index is -4.23. The highest BCUT2D eigenvalue weighted by atomic mass is 32.2. The zero-order valence-electron chi connectivity index (χ0n) is 11.7. The lowest BCUT2D eigenvalue weighted by molar-refractivity contribution is -0.234. The maximum atomic E-state index is 11.1. The second-order valence-electron chi connectivity index (χ2n) is 4.80. The Bertz CT molecular complexity index is 366. The molecule has 0 radical (unpaired) electrons. The fraction of sp³-hybridized carbons (Fsp3) is 0.917. The quantitative estimate of drug-likeness (QED) is 0.230. The number of aliphatic hydroxyl groups excluding tert-OH is 1. The van der Waals surface area contributed by atoms with Crippen LogP contribution in [0.5, 0.6) is 0 Å². The summed E-state index contributed by atoms with van der Waals surface area (Å²) in [5, 5.41) is 16.5. The van der Waals surface area contributed by atoms with Crippen LogP contribution in [0, 0.1) is 0 Å². The van der Waals surface area contributed by atoms with Gasteiger partial charge in [0.05, 0.1) is 6.10 Å². The summed E-state index contributed by atoms with van der Waals surface area (Å²) in [6.07, 6.45) is 3.07. The Kier molecular flexibility index (Phi) is 9.74. The zero-order valence-corrected chi connectivity index (χ0v) is 12.5. The molecule has 0 fully saturated rings. The van der Waals surface area contributed by atoms with Crippen molar-refractivity contribution < 1.29 is 33.0 Å². The minimum absolute atomic E-state index is 0.151. The third-order valence-corrected chi connectivity index (χ3v) is 4.52. The van der Waals surface area contributed by atoms with Gasteiger partial charge in [-0.05, 0) is 19.3 Å². The number of carbonyl (C=O) groups is 1. The first-order valence-electron chi connectivity index (χ1n) is 6.81. The Balaban J connectivity index is 3.83. The Labute approximate surface area is 119 Å². The van der Waals surface area contributed by atoms with E-state index in [9.17, 15) is 18.3 Å². The summed E-state index contributed by atoms with van der Waals surface area (Å²) in [6, 6.07) is 0. The van der Waals surface area contributed by atoms with Crippen molar-refractivity contribution in [3.63, 3.8) is 0 Å². The van der Waals surface area contributed by atoms with Crippen LogP contribution in [-0.4, -0.2) is 40.7 Å². The van der Waals surface area contributed by atoms with Gasteiger partial charge in [0.25, 0.3) is 10.1 Å². The predicted octanol–water partition coefficient (Wildman–Crippen LogP) is 1.76. The van der Waals surface area contributed by atoms with Crippen LogP contribution < -0.4 is 0 Å². The van der Waals surface area contributed by atoms with Crippen molar-refractivity contribution in [2.75, 3.05) is 0 Å². The molecule has 0 aliphatic rings. The lowest BCUT2D eigenvalue weighted by Crippen LogP contribution is -2.33. The summed E-state index contributed by atoms with van der Waals surface area (Å²) in [6.45, 7) is 1.66. The lowest BCUT2D eigenvalue weighted by atomic mass is 10.0. The highest BCUT2D eigenvalue weighted by Crippen LogP contribution is 2.17. The van der Waals surface area contributed by atoms with Gasteiger partial charge in [0.15, 0.2) is 0 Å². The number of hydrogen-bond acceptors (Lipinski definition) is 6. The van der Waals surface area contributed by atoms with E-state index >= 15 is 0 Å². The molecule has 0 rings (SSSR count). The Morgan fingerprint density at radius 3 is 2.20 bits per heavy atom. The minimum Gasteiger partial charge on any atom is -0.392 e. The molecule has 0 spiro atoms. The summed E-state index contributed by atoms with van der Waals surface area (Å²) in [7, 11) is -4.23. The van der Waals surface area contributed by atoms with Crippen molar-refractivity contribution in [3.05, 3.63) is 0 Å². The molecule has 2 unspecified atom stereocenters. The molecule has 8 heteroatoms. The summed E-state index contributed by atoms with van der Waals surface area (Å²) in [5.74, 6) is -0.664. The molecule has 0 saturated carbocycles. The van der Waals surface area contributed by atoms with Crippen LogP contribution in [0.2, 0.25) is 0 Å². The zero-order chi connectivity index (χ0) is 15.6. The van der Waals surface area contributed by atoms with Crippen LogP contribution in [0.25, 0.3) is 0 Å². The standard InChI is InChI=1S/C12H24O7S/c1-2-10(13)11(20(16,17)18)8-6-4-3-5-7-9-12(14)19-15/h10-11,13,15H,2-9H2,1H3,(H,16,17,18). The van der Waals surface area contributed by atoms with Gasteiger partial charge in [0.1, 0.15) is 5.25 Å².